The van der Waals surface area contributed by atoms with Gasteiger partial charge in [0.2, 0.25) is 0 Å². The number of nitrogens with one attached hydrogen (secondary N) is 2. The van der Waals surface area contributed by atoms with E-state index in [0.29, 0.717) is 12.3 Å². The van der Waals surface area contributed by atoms with Crippen molar-refractivity contribution in [3.63, 3.8) is 0 Å². The highest BCUT2D eigenvalue weighted by molar-refractivity contribution is 6.33. The summed E-state index contributed by atoms with van der Waals surface area (Å²) < 4.78 is 42.6. The lowest BCUT2D eigenvalue weighted by Gasteiger charge is -2.10. The Balaban J connectivity index is 1.60. The summed E-state index contributed by atoms with van der Waals surface area (Å²) in [5.74, 6) is -1.82. The summed E-state index contributed by atoms with van der Waals surface area (Å²) in [6.07, 6.45) is -4.06. The Kier molecular flexibility index (Phi) is 5.04. The predicted molar refractivity (Wildman–Crippen MR) is 91.5 cm³/mol. The first-order valence-electron chi connectivity index (χ1n) is 7.51. The van der Waals surface area contributed by atoms with Gasteiger partial charge in [0.15, 0.2) is 12.4 Å². The van der Waals surface area contributed by atoms with Crippen LogP contribution in [0, 0.1) is 0 Å². The first kappa shape index (κ1) is 18.7. The van der Waals surface area contributed by atoms with Crippen molar-refractivity contribution in [2.24, 2.45) is 0 Å². The normalized spacial score (nSPS) is 11.4. The lowest BCUT2D eigenvalue weighted by Crippen LogP contribution is -2.22. The number of anilines is 1. The van der Waals surface area contributed by atoms with Crippen LogP contribution in [0.25, 0.3) is 10.9 Å². The number of halogens is 4. The largest absolute Gasteiger partial charge is 0.451 e. The van der Waals surface area contributed by atoms with Gasteiger partial charge in [0.25, 0.3) is 5.91 Å². The number of carbonyl (C=O) groups is 2. The smallest absolute Gasteiger partial charge is 0.417 e. The number of amides is 1. The topological polar surface area (TPSA) is 84.1 Å². The molecule has 3 rings (SSSR count). The molecule has 27 heavy (non-hydrogen) atoms. The predicted octanol–water partition coefficient (Wildman–Crippen LogP) is 4.03. The molecule has 2 aromatic heterocycles. The van der Waals surface area contributed by atoms with Crippen LogP contribution in [0.2, 0.25) is 5.02 Å². The number of ether oxygens (including phenoxy) is 1. The highest BCUT2D eigenvalue weighted by Gasteiger charge is 2.31. The molecule has 140 valence electrons. The molecule has 0 unspecified atom stereocenters. The summed E-state index contributed by atoms with van der Waals surface area (Å²) in [6.45, 7) is -0.659. The van der Waals surface area contributed by atoms with Crippen molar-refractivity contribution in [2.45, 2.75) is 6.18 Å². The monoisotopic (exact) mass is 397 g/mol. The average Bonchev–Trinajstić information content (AvgIpc) is 3.04. The number of benzene rings is 1. The molecule has 0 fully saturated rings. The molecule has 2 heterocycles. The summed E-state index contributed by atoms with van der Waals surface area (Å²) in [5.41, 5.74) is -0.153. The molecule has 1 amide bonds. The Morgan fingerprint density at radius 1 is 1.22 bits per heavy atom. The number of carbonyl (C=O) groups excluding carboxylic acids is 2. The van der Waals surface area contributed by atoms with Gasteiger partial charge in [0.1, 0.15) is 5.69 Å². The number of esters is 1. The molecular formula is C17H11ClF3N3O3. The van der Waals surface area contributed by atoms with E-state index in [1.165, 1.54) is 0 Å². The van der Waals surface area contributed by atoms with Crippen LogP contribution in [0.1, 0.15) is 16.1 Å². The van der Waals surface area contributed by atoms with E-state index in [1.807, 2.05) is 0 Å². The van der Waals surface area contributed by atoms with Crippen molar-refractivity contribution >= 4 is 40.2 Å². The van der Waals surface area contributed by atoms with Gasteiger partial charge >= 0.3 is 12.1 Å². The van der Waals surface area contributed by atoms with Crippen molar-refractivity contribution in [1.29, 1.82) is 0 Å². The number of hydrogen-bond donors (Lipinski definition) is 2. The average molecular weight is 398 g/mol. The summed E-state index contributed by atoms with van der Waals surface area (Å²) in [6, 6.07) is 9.39. The van der Waals surface area contributed by atoms with E-state index >= 15 is 0 Å². The molecule has 3 aromatic rings. The van der Waals surface area contributed by atoms with Crippen LogP contribution in [0.3, 0.4) is 0 Å². The van der Waals surface area contributed by atoms with E-state index < -0.39 is 30.2 Å². The Bertz CT molecular complexity index is 984. The van der Waals surface area contributed by atoms with Gasteiger partial charge in [-0.2, -0.15) is 13.2 Å². The standard InChI is InChI=1S/C17H11ClF3N3O3/c18-11-6-10(17(19,20)21)7-22-15(11)24-14(25)8-27-16(26)13-5-9-3-1-2-4-12(9)23-13/h1-7,23H,8H2,(H,22,24,25). The molecule has 0 saturated heterocycles. The molecule has 10 heteroatoms. The number of nitrogens with zero attached hydrogens (tertiary/aromatic N) is 1. The highest BCUT2D eigenvalue weighted by atomic mass is 35.5. The Morgan fingerprint density at radius 3 is 2.63 bits per heavy atom. The van der Waals surface area contributed by atoms with E-state index in [9.17, 15) is 22.8 Å². The van der Waals surface area contributed by atoms with Crippen molar-refractivity contribution < 1.29 is 27.5 Å². The Labute approximate surface area is 155 Å². The molecule has 0 radical (unpaired) electrons. The summed E-state index contributed by atoms with van der Waals surface area (Å²) >= 11 is 5.69. The number of fused-ring (bicyclic) bond motifs is 1. The molecule has 0 aliphatic carbocycles. The van der Waals surface area contributed by atoms with Crippen LogP contribution in [-0.2, 0) is 15.7 Å². The van der Waals surface area contributed by atoms with Crippen molar-refractivity contribution in [1.82, 2.24) is 9.97 Å². The highest BCUT2D eigenvalue weighted by Crippen LogP contribution is 2.32. The minimum Gasteiger partial charge on any atom is -0.451 e. The number of H-pyrrole nitrogens is 1. The number of rotatable bonds is 4. The van der Waals surface area contributed by atoms with Crippen LogP contribution in [0.15, 0.2) is 42.6 Å². The SMILES string of the molecule is O=C(COC(=O)c1cc2ccccc2[nH]1)Nc1ncc(C(F)(F)F)cc1Cl. The van der Waals surface area contributed by atoms with Crippen LogP contribution in [0.5, 0.6) is 0 Å². The lowest BCUT2D eigenvalue weighted by molar-refractivity contribution is -0.137. The van der Waals surface area contributed by atoms with Crippen LogP contribution >= 0.6 is 11.6 Å². The summed E-state index contributed by atoms with van der Waals surface area (Å²) in [4.78, 5) is 30.1. The van der Waals surface area contributed by atoms with E-state index in [2.05, 4.69) is 15.3 Å². The van der Waals surface area contributed by atoms with Gasteiger partial charge in [-0.15, -0.1) is 0 Å². The van der Waals surface area contributed by atoms with Gasteiger partial charge in [-0.1, -0.05) is 29.8 Å². The number of pyridine rings is 1. The van der Waals surface area contributed by atoms with Crippen LogP contribution < -0.4 is 5.32 Å². The fourth-order valence-corrected chi connectivity index (χ4v) is 2.46. The summed E-state index contributed by atoms with van der Waals surface area (Å²) in [5, 5.41) is 2.60. The maximum Gasteiger partial charge on any atom is 0.417 e. The zero-order valence-electron chi connectivity index (χ0n) is 13.4. The number of para-hydroxylation sites is 1. The first-order valence-corrected chi connectivity index (χ1v) is 7.89. The summed E-state index contributed by atoms with van der Waals surface area (Å²) in [7, 11) is 0. The van der Waals surface area contributed by atoms with Crippen molar-refractivity contribution in [3.8, 4) is 0 Å². The quantitative estimate of drug-likeness (QED) is 0.651. The molecule has 0 aliphatic rings. The van der Waals surface area contributed by atoms with Gasteiger partial charge in [0, 0.05) is 17.1 Å². The fraction of sp³-hybridized carbons (Fsp3) is 0.118. The molecule has 2 N–H and O–H groups in total. The molecule has 0 atom stereocenters. The molecule has 1 aromatic carbocycles. The molecule has 0 saturated carbocycles. The number of aromatic amines is 1. The number of hydrogen-bond acceptors (Lipinski definition) is 4. The van der Waals surface area contributed by atoms with Crippen molar-refractivity contribution in [3.05, 3.63) is 58.9 Å². The third-order valence-corrected chi connectivity index (χ3v) is 3.80. The zero-order valence-corrected chi connectivity index (χ0v) is 14.2. The van der Waals surface area contributed by atoms with Gasteiger partial charge in [-0.3, -0.25) is 4.79 Å². The molecule has 0 bridgehead atoms. The van der Waals surface area contributed by atoms with Gasteiger partial charge in [-0.25, -0.2) is 9.78 Å². The lowest BCUT2D eigenvalue weighted by atomic mass is 10.2. The third-order valence-electron chi connectivity index (χ3n) is 3.51. The second kappa shape index (κ2) is 7.28. The number of aromatic nitrogens is 2. The minimum absolute atomic E-state index is 0.162. The van der Waals surface area contributed by atoms with E-state index in [1.54, 1.807) is 30.3 Å². The molecular weight excluding hydrogens is 387 g/mol. The zero-order chi connectivity index (χ0) is 19.6. The minimum atomic E-state index is -4.60. The van der Waals surface area contributed by atoms with Gasteiger partial charge in [0.05, 0.1) is 10.6 Å². The van der Waals surface area contributed by atoms with E-state index in [4.69, 9.17) is 16.3 Å². The van der Waals surface area contributed by atoms with Crippen LogP contribution in [-0.4, -0.2) is 28.5 Å². The Hall–Kier alpha value is -3.07. The molecule has 0 spiro atoms. The number of alkyl halides is 3. The molecule has 6 nitrogen and oxygen atoms in total. The maximum atomic E-state index is 12.6. The second-order valence-corrected chi connectivity index (χ2v) is 5.85. The maximum absolute atomic E-state index is 12.6. The fourth-order valence-electron chi connectivity index (χ4n) is 2.25. The second-order valence-electron chi connectivity index (χ2n) is 5.45. The Morgan fingerprint density at radius 2 is 1.96 bits per heavy atom. The van der Waals surface area contributed by atoms with E-state index in [0.717, 1.165) is 10.9 Å². The van der Waals surface area contributed by atoms with Gasteiger partial charge in [-0.05, 0) is 18.2 Å². The van der Waals surface area contributed by atoms with Crippen molar-refractivity contribution in [2.75, 3.05) is 11.9 Å². The van der Waals surface area contributed by atoms with Gasteiger partial charge < -0.3 is 15.0 Å². The van der Waals surface area contributed by atoms with Crippen LogP contribution in [0.4, 0.5) is 19.0 Å². The third kappa shape index (κ3) is 4.37. The first-order chi connectivity index (χ1) is 12.7. The van der Waals surface area contributed by atoms with E-state index in [-0.39, 0.29) is 16.5 Å². The molecule has 0 aliphatic heterocycles.